The predicted octanol–water partition coefficient (Wildman–Crippen LogP) is 1.51. The molecule has 0 aliphatic heterocycles. The van der Waals surface area contributed by atoms with E-state index in [1.54, 1.807) is 0 Å². The van der Waals surface area contributed by atoms with Gasteiger partial charge in [0.1, 0.15) is 0 Å². The van der Waals surface area contributed by atoms with E-state index in [4.69, 9.17) is 5.73 Å². The Morgan fingerprint density at radius 2 is 2.35 bits per heavy atom. The molecule has 1 aromatic heterocycles. The summed E-state index contributed by atoms with van der Waals surface area (Å²) in [6.45, 7) is 5.07. The molecule has 1 aliphatic rings. The van der Waals surface area contributed by atoms with Crippen LogP contribution in [0.2, 0.25) is 0 Å². The summed E-state index contributed by atoms with van der Waals surface area (Å²) in [5.74, 6) is 0.848. The number of rotatable bonds is 4. The molecule has 0 saturated heterocycles. The van der Waals surface area contributed by atoms with Crippen molar-refractivity contribution in [3.63, 3.8) is 0 Å². The van der Waals surface area contributed by atoms with Crippen LogP contribution >= 0.6 is 0 Å². The van der Waals surface area contributed by atoms with E-state index in [2.05, 4.69) is 24.3 Å². The van der Waals surface area contributed by atoms with Gasteiger partial charge >= 0.3 is 0 Å². The lowest BCUT2D eigenvalue weighted by molar-refractivity contribution is 0.433. The molecule has 1 fully saturated rings. The third-order valence-corrected chi connectivity index (χ3v) is 4.02. The first-order valence-electron chi connectivity index (χ1n) is 6.56. The highest BCUT2D eigenvalue weighted by Gasteiger charge is 2.25. The van der Waals surface area contributed by atoms with Gasteiger partial charge in [0, 0.05) is 36.9 Å². The van der Waals surface area contributed by atoms with Crippen molar-refractivity contribution in [1.29, 1.82) is 0 Å². The van der Waals surface area contributed by atoms with Gasteiger partial charge in [0.2, 0.25) is 0 Å². The van der Waals surface area contributed by atoms with Crippen LogP contribution in [0.3, 0.4) is 0 Å². The lowest BCUT2D eigenvalue weighted by Crippen LogP contribution is -2.35. The van der Waals surface area contributed by atoms with Crippen LogP contribution in [0.15, 0.2) is 6.20 Å². The molecule has 3 N–H and O–H groups in total. The van der Waals surface area contributed by atoms with Crippen molar-refractivity contribution in [3.05, 3.63) is 17.5 Å². The topological polar surface area (TPSA) is 55.9 Å². The second-order valence-corrected chi connectivity index (χ2v) is 5.38. The Labute approximate surface area is 104 Å². The van der Waals surface area contributed by atoms with Crippen molar-refractivity contribution in [2.24, 2.45) is 18.7 Å². The quantitative estimate of drug-likeness (QED) is 0.833. The van der Waals surface area contributed by atoms with Crippen LogP contribution in [0.1, 0.15) is 43.5 Å². The lowest BCUT2D eigenvalue weighted by atomic mass is 10.1. The fraction of sp³-hybridized carbons (Fsp3) is 0.769. The number of nitrogens with zero attached hydrogens (tertiary/aromatic N) is 2. The molecule has 96 valence electrons. The molecule has 0 amide bonds. The van der Waals surface area contributed by atoms with Gasteiger partial charge in [-0.25, -0.2) is 0 Å². The Kier molecular flexibility index (Phi) is 3.84. The fourth-order valence-corrected chi connectivity index (χ4v) is 2.79. The fourth-order valence-electron chi connectivity index (χ4n) is 2.79. The van der Waals surface area contributed by atoms with Gasteiger partial charge < -0.3 is 11.1 Å². The first-order valence-corrected chi connectivity index (χ1v) is 6.56. The van der Waals surface area contributed by atoms with Crippen LogP contribution < -0.4 is 11.1 Å². The van der Waals surface area contributed by atoms with Gasteiger partial charge in [-0.15, -0.1) is 0 Å². The summed E-state index contributed by atoms with van der Waals surface area (Å²) >= 11 is 0. The zero-order valence-electron chi connectivity index (χ0n) is 11.1. The van der Waals surface area contributed by atoms with E-state index in [1.165, 1.54) is 30.5 Å². The van der Waals surface area contributed by atoms with Gasteiger partial charge in [0.25, 0.3) is 0 Å². The smallest absolute Gasteiger partial charge is 0.0540 e. The highest BCUT2D eigenvalue weighted by Crippen LogP contribution is 2.27. The average molecular weight is 236 g/mol. The Bertz CT molecular complexity index is 371. The molecule has 3 atom stereocenters. The zero-order valence-corrected chi connectivity index (χ0v) is 11.1. The average Bonchev–Trinajstić information content (AvgIpc) is 2.85. The van der Waals surface area contributed by atoms with Crippen molar-refractivity contribution in [1.82, 2.24) is 15.1 Å². The number of nitrogens with two attached hydrogens (primary N) is 1. The molecule has 17 heavy (non-hydrogen) atoms. The Hall–Kier alpha value is -0.870. The van der Waals surface area contributed by atoms with E-state index in [-0.39, 0.29) is 6.04 Å². The maximum atomic E-state index is 5.90. The largest absolute Gasteiger partial charge is 0.329 e. The molecule has 1 heterocycles. The minimum Gasteiger partial charge on any atom is -0.329 e. The molecule has 1 aliphatic carbocycles. The van der Waals surface area contributed by atoms with Crippen LogP contribution in [0, 0.1) is 12.8 Å². The number of aromatic nitrogens is 2. The maximum Gasteiger partial charge on any atom is 0.0540 e. The Balaban J connectivity index is 2.04. The molecule has 0 radical (unpaired) electrons. The van der Waals surface area contributed by atoms with Gasteiger partial charge in [-0.05, 0) is 32.1 Å². The number of hydrogen-bond donors (Lipinski definition) is 2. The third kappa shape index (κ3) is 2.69. The van der Waals surface area contributed by atoms with Gasteiger partial charge in [0.15, 0.2) is 0 Å². The monoisotopic (exact) mass is 236 g/mol. The summed E-state index contributed by atoms with van der Waals surface area (Å²) in [5.41, 5.74) is 8.35. The molecule has 4 nitrogen and oxygen atoms in total. The summed E-state index contributed by atoms with van der Waals surface area (Å²) in [6, 6.07) is 0.872. The van der Waals surface area contributed by atoms with Crippen molar-refractivity contribution in [2.45, 2.75) is 45.2 Å². The summed E-state index contributed by atoms with van der Waals surface area (Å²) in [6.07, 6.45) is 5.83. The van der Waals surface area contributed by atoms with Crippen LogP contribution in [0.4, 0.5) is 0 Å². The minimum atomic E-state index is 0.249. The molecule has 1 aromatic rings. The molecule has 2 rings (SSSR count). The summed E-state index contributed by atoms with van der Waals surface area (Å²) in [5, 5.41) is 7.98. The normalized spacial score (nSPS) is 26.4. The van der Waals surface area contributed by atoms with Crippen molar-refractivity contribution < 1.29 is 0 Å². The highest BCUT2D eigenvalue weighted by atomic mass is 15.3. The van der Waals surface area contributed by atoms with Crippen molar-refractivity contribution in [2.75, 3.05) is 6.54 Å². The molecule has 0 spiro atoms. The first-order chi connectivity index (χ1) is 8.11. The Morgan fingerprint density at radius 3 is 2.82 bits per heavy atom. The molecule has 0 aromatic carbocycles. The first kappa shape index (κ1) is 12.6. The summed E-state index contributed by atoms with van der Waals surface area (Å²) in [7, 11) is 1.98. The molecule has 1 saturated carbocycles. The molecular formula is C13H24N4. The summed E-state index contributed by atoms with van der Waals surface area (Å²) in [4.78, 5) is 0. The van der Waals surface area contributed by atoms with Crippen molar-refractivity contribution >= 4 is 0 Å². The zero-order chi connectivity index (χ0) is 12.4. The van der Waals surface area contributed by atoms with Gasteiger partial charge in [-0.2, -0.15) is 5.10 Å². The van der Waals surface area contributed by atoms with Crippen molar-refractivity contribution in [3.8, 4) is 0 Å². The second-order valence-electron chi connectivity index (χ2n) is 5.38. The number of nitrogens with one attached hydrogen (secondary N) is 1. The molecular weight excluding hydrogens is 212 g/mol. The minimum absolute atomic E-state index is 0.249. The molecule has 0 bridgehead atoms. The third-order valence-electron chi connectivity index (χ3n) is 4.02. The Morgan fingerprint density at radius 1 is 1.59 bits per heavy atom. The maximum absolute atomic E-state index is 5.90. The van der Waals surface area contributed by atoms with Crippen LogP contribution in [0.5, 0.6) is 0 Å². The van der Waals surface area contributed by atoms with E-state index in [0.717, 1.165) is 5.92 Å². The standard InChI is InChI=1S/C13H24N4/c1-9-4-5-11(6-9)16-13(7-14)12-8-15-17(3)10(12)2/h8-9,11,13,16H,4-7,14H2,1-3H3. The van der Waals surface area contributed by atoms with Crippen LogP contribution in [0.25, 0.3) is 0 Å². The number of aryl methyl sites for hydroxylation is 1. The highest BCUT2D eigenvalue weighted by molar-refractivity contribution is 5.21. The van der Waals surface area contributed by atoms with Crippen LogP contribution in [-0.2, 0) is 7.05 Å². The van der Waals surface area contributed by atoms with E-state index >= 15 is 0 Å². The van der Waals surface area contributed by atoms with Gasteiger partial charge in [0.05, 0.1) is 6.20 Å². The molecule has 3 unspecified atom stereocenters. The van der Waals surface area contributed by atoms with Gasteiger partial charge in [-0.1, -0.05) is 6.92 Å². The summed E-state index contributed by atoms with van der Waals surface area (Å²) < 4.78 is 1.91. The van der Waals surface area contributed by atoms with E-state index in [1.807, 2.05) is 17.9 Å². The van der Waals surface area contributed by atoms with Crippen LogP contribution in [-0.4, -0.2) is 22.4 Å². The SMILES string of the molecule is Cc1c(C(CN)NC2CCC(C)C2)cnn1C. The number of hydrogen-bond acceptors (Lipinski definition) is 3. The van der Waals surface area contributed by atoms with Gasteiger partial charge in [-0.3, -0.25) is 4.68 Å². The lowest BCUT2D eigenvalue weighted by Gasteiger charge is -2.21. The van der Waals surface area contributed by atoms with E-state index in [0.29, 0.717) is 12.6 Å². The molecule has 4 heteroatoms. The van der Waals surface area contributed by atoms with E-state index < -0.39 is 0 Å². The van der Waals surface area contributed by atoms with E-state index in [9.17, 15) is 0 Å². The predicted molar refractivity (Wildman–Crippen MR) is 69.7 cm³/mol. The second kappa shape index (κ2) is 5.19.